The highest BCUT2D eigenvalue weighted by Crippen LogP contribution is 2.41. The first kappa shape index (κ1) is 22.2. The van der Waals surface area contributed by atoms with Crippen LogP contribution in [0.1, 0.15) is 39.5 Å². The Balaban J connectivity index is 0.000000765. The first-order valence-electron chi connectivity index (χ1n) is 8.81. The van der Waals surface area contributed by atoms with Crippen molar-refractivity contribution in [2.24, 2.45) is 0 Å². The first-order chi connectivity index (χ1) is 12.5. The molecule has 1 aliphatic rings. The van der Waals surface area contributed by atoms with Gasteiger partial charge < -0.3 is 19.2 Å². The quantitative estimate of drug-likeness (QED) is 0.263. The number of nitro groups is 1. The molecule has 146 valence electrons. The van der Waals surface area contributed by atoms with Crippen molar-refractivity contribution in [1.29, 1.82) is 0 Å². The lowest BCUT2D eigenvalue weighted by Gasteiger charge is -2.23. The van der Waals surface area contributed by atoms with E-state index in [2.05, 4.69) is 29.8 Å². The normalized spacial score (nSPS) is 15.8. The number of carbonyl (C=O) groups excluding carboxylic acids is 1. The molecule has 1 fully saturated rings. The molecular weight excluding hydrogens is 404 g/mol. The molecule has 0 aromatic heterocycles. The van der Waals surface area contributed by atoms with Crippen molar-refractivity contribution in [2.45, 2.75) is 45.6 Å². The Morgan fingerprint density at radius 3 is 2.54 bits per heavy atom. The molecule has 0 saturated carbocycles. The highest BCUT2D eigenvalue weighted by molar-refractivity contribution is 9.09. The molecule has 0 radical (unpaired) electrons. The zero-order valence-electron chi connectivity index (χ0n) is 15.6. The summed E-state index contributed by atoms with van der Waals surface area (Å²) in [5.74, 6) is 0.734. The van der Waals surface area contributed by atoms with Gasteiger partial charge >= 0.3 is 0 Å². The molecule has 2 rings (SSSR count). The molecule has 1 saturated heterocycles. The second-order valence-electron chi connectivity index (χ2n) is 5.83. The predicted octanol–water partition coefficient (Wildman–Crippen LogP) is 4.35. The molecule has 1 aliphatic heterocycles. The summed E-state index contributed by atoms with van der Waals surface area (Å²) in [6.45, 7) is 5.34. The van der Waals surface area contributed by atoms with E-state index >= 15 is 0 Å². The number of hydrogen-bond acceptors (Lipinski definition) is 6. The van der Waals surface area contributed by atoms with E-state index in [-0.39, 0.29) is 11.7 Å². The van der Waals surface area contributed by atoms with Gasteiger partial charge in [0.25, 0.3) is 5.69 Å². The fourth-order valence-electron chi connectivity index (χ4n) is 2.57. The van der Waals surface area contributed by atoms with E-state index < -0.39 is 4.92 Å². The topological polar surface area (TPSA) is 81.9 Å². The average Bonchev–Trinajstić information content (AvgIpc) is 3.14. The van der Waals surface area contributed by atoms with E-state index in [0.29, 0.717) is 42.1 Å². The van der Waals surface area contributed by atoms with Gasteiger partial charge in [-0.3, -0.25) is 10.1 Å². The second kappa shape index (κ2) is 11.7. The Kier molecular flexibility index (Phi) is 10.0. The molecule has 0 unspecified atom stereocenters. The molecule has 1 heterocycles. The van der Waals surface area contributed by atoms with Gasteiger partial charge in [-0.15, -0.1) is 0 Å². The number of benzene rings is 1. The third-order valence-electron chi connectivity index (χ3n) is 4.06. The molecule has 0 bridgehead atoms. The van der Waals surface area contributed by atoms with Crippen LogP contribution in [-0.4, -0.2) is 42.8 Å². The molecule has 1 atom stereocenters. The predicted molar refractivity (Wildman–Crippen MR) is 106 cm³/mol. The summed E-state index contributed by atoms with van der Waals surface area (Å²) in [6.07, 6.45) is 4.99. The lowest BCUT2D eigenvalue weighted by molar-refractivity contribution is -0.384. The van der Waals surface area contributed by atoms with Gasteiger partial charge in [0.2, 0.25) is 0 Å². The van der Waals surface area contributed by atoms with Crippen LogP contribution >= 0.6 is 15.9 Å². The van der Waals surface area contributed by atoms with Crippen molar-refractivity contribution in [1.82, 2.24) is 0 Å². The molecule has 0 amide bonds. The zero-order valence-corrected chi connectivity index (χ0v) is 17.2. The van der Waals surface area contributed by atoms with E-state index in [1.54, 1.807) is 11.0 Å². The summed E-state index contributed by atoms with van der Waals surface area (Å²) in [4.78, 5) is 23.8. The van der Waals surface area contributed by atoms with Crippen LogP contribution in [-0.2, 0) is 4.79 Å². The number of aldehydes is 1. The average molecular weight is 431 g/mol. The lowest BCUT2D eigenvalue weighted by Crippen LogP contribution is -2.30. The van der Waals surface area contributed by atoms with E-state index in [0.717, 1.165) is 12.7 Å². The summed E-state index contributed by atoms with van der Waals surface area (Å²) < 4.78 is 10.7. The summed E-state index contributed by atoms with van der Waals surface area (Å²) in [7, 11) is 1.48. The fraction of sp³-hybridized carbons (Fsp3) is 0.611. The Hall–Kier alpha value is -1.83. The number of nitro benzene ring substituents is 1. The van der Waals surface area contributed by atoms with Crippen LogP contribution in [0.5, 0.6) is 11.5 Å². The molecule has 7 nitrogen and oxygen atoms in total. The van der Waals surface area contributed by atoms with Crippen LogP contribution in [0.3, 0.4) is 0 Å². The largest absolute Gasteiger partial charge is 0.493 e. The van der Waals surface area contributed by atoms with Crippen LogP contribution in [0.2, 0.25) is 0 Å². The Morgan fingerprint density at radius 2 is 2.04 bits per heavy atom. The van der Waals surface area contributed by atoms with E-state index in [1.165, 1.54) is 26.0 Å². The summed E-state index contributed by atoms with van der Waals surface area (Å²) in [5.41, 5.74) is 0.307. The number of methoxy groups -OCH3 is 1. The Morgan fingerprint density at radius 1 is 1.35 bits per heavy atom. The highest BCUT2D eigenvalue weighted by atomic mass is 79.9. The number of nitrogens with zero attached hydrogens (tertiary/aromatic N) is 2. The van der Waals surface area contributed by atoms with E-state index in [1.807, 2.05) is 0 Å². The minimum absolute atomic E-state index is 0.0841. The maximum Gasteiger partial charge on any atom is 0.296 e. The monoisotopic (exact) mass is 430 g/mol. The zero-order chi connectivity index (χ0) is 19.5. The van der Waals surface area contributed by atoms with Crippen LogP contribution in [0.15, 0.2) is 12.1 Å². The number of rotatable bonds is 8. The van der Waals surface area contributed by atoms with Crippen LogP contribution < -0.4 is 14.4 Å². The number of hydrogen-bond donors (Lipinski definition) is 0. The molecule has 0 aliphatic carbocycles. The first-order valence-corrected chi connectivity index (χ1v) is 9.93. The number of anilines is 1. The smallest absolute Gasteiger partial charge is 0.296 e. The van der Waals surface area contributed by atoms with Crippen LogP contribution in [0, 0.1) is 10.1 Å². The standard InChI is InChI=1S/C14H17BrN2O5.C4H10/c1-21-13-7-11(16-5-2-3-10(16)9-18)12(17(19)20)8-14(13)22-6-4-15;1-3-4-2/h7-10H,2-6H2,1H3;3-4H2,1-2H3/t10-;/m0./s1. The minimum Gasteiger partial charge on any atom is -0.493 e. The van der Waals surface area contributed by atoms with Crippen molar-refractivity contribution in [2.75, 3.05) is 30.5 Å². The molecule has 8 heteroatoms. The van der Waals surface area contributed by atoms with Crippen molar-refractivity contribution in [3.05, 3.63) is 22.2 Å². The van der Waals surface area contributed by atoms with Crippen LogP contribution in [0.25, 0.3) is 0 Å². The van der Waals surface area contributed by atoms with Crippen LogP contribution in [0.4, 0.5) is 11.4 Å². The lowest BCUT2D eigenvalue weighted by atomic mass is 10.2. The number of ether oxygens (including phenoxy) is 2. The molecule has 26 heavy (non-hydrogen) atoms. The van der Waals surface area contributed by atoms with E-state index in [4.69, 9.17) is 9.47 Å². The number of alkyl halides is 1. The number of halogens is 1. The minimum atomic E-state index is -0.462. The fourth-order valence-corrected chi connectivity index (χ4v) is 2.73. The molecular formula is C18H27BrN2O5. The van der Waals surface area contributed by atoms with Gasteiger partial charge in [0, 0.05) is 17.9 Å². The maximum absolute atomic E-state index is 11.4. The molecule has 0 N–H and O–H groups in total. The van der Waals surface area contributed by atoms with Gasteiger partial charge in [0.05, 0.1) is 30.7 Å². The number of carbonyl (C=O) groups is 1. The van der Waals surface area contributed by atoms with Crippen molar-refractivity contribution < 1.29 is 19.2 Å². The molecule has 1 aromatic carbocycles. The summed E-state index contributed by atoms with van der Waals surface area (Å²) in [5, 5.41) is 12.0. The molecule has 1 aromatic rings. The Bertz CT molecular complexity index is 595. The van der Waals surface area contributed by atoms with Gasteiger partial charge in [0.15, 0.2) is 11.5 Å². The highest BCUT2D eigenvalue weighted by Gasteiger charge is 2.31. The van der Waals surface area contributed by atoms with Crippen molar-refractivity contribution in [3.63, 3.8) is 0 Å². The molecule has 0 spiro atoms. The van der Waals surface area contributed by atoms with Crippen molar-refractivity contribution >= 4 is 33.6 Å². The second-order valence-corrected chi connectivity index (χ2v) is 6.62. The van der Waals surface area contributed by atoms with Crippen molar-refractivity contribution in [3.8, 4) is 11.5 Å². The summed E-state index contributed by atoms with van der Waals surface area (Å²) >= 11 is 3.24. The maximum atomic E-state index is 11.4. The third kappa shape index (κ3) is 5.86. The SMILES string of the molecule is CCCC.COc1cc(N2CCC[C@H]2C=O)c([N+](=O)[O-])cc1OCCBr. The van der Waals surface area contributed by atoms with Gasteiger partial charge in [-0.2, -0.15) is 0 Å². The Labute approximate surface area is 162 Å². The van der Waals surface area contributed by atoms with Gasteiger partial charge in [-0.25, -0.2) is 0 Å². The summed E-state index contributed by atoms with van der Waals surface area (Å²) in [6, 6.07) is 2.60. The van der Waals surface area contributed by atoms with Gasteiger partial charge in [-0.05, 0) is 12.8 Å². The van der Waals surface area contributed by atoms with Gasteiger partial charge in [-0.1, -0.05) is 42.6 Å². The third-order valence-corrected chi connectivity index (χ3v) is 4.38. The van der Waals surface area contributed by atoms with Gasteiger partial charge in [0.1, 0.15) is 12.0 Å². The van der Waals surface area contributed by atoms with E-state index in [9.17, 15) is 14.9 Å². The number of unbranched alkanes of at least 4 members (excludes halogenated alkanes) is 1.